The molecule has 1 saturated heterocycles. The van der Waals surface area contributed by atoms with Crippen molar-refractivity contribution in [1.29, 1.82) is 0 Å². The maximum absolute atomic E-state index is 12.4. The number of hydrogen-bond donors (Lipinski definition) is 2. The number of likely N-dealkylation sites (tertiary alicyclic amines) is 1. The molecule has 0 aliphatic carbocycles. The maximum atomic E-state index is 12.4. The topological polar surface area (TPSA) is 95.7 Å². The van der Waals surface area contributed by atoms with Gasteiger partial charge in [-0.15, -0.1) is 0 Å². The molecule has 144 valence electrons. The number of β-amino-alcohol motifs (C(OH)–C–C–N with tert-alkyl or cyclic N) is 1. The Morgan fingerprint density at radius 1 is 1.33 bits per heavy atom. The minimum Gasteiger partial charge on any atom is -0.389 e. The van der Waals surface area contributed by atoms with Crippen LogP contribution in [0.3, 0.4) is 0 Å². The molecule has 2 N–H and O–H groups in total. The molecule has 3 rings (SSSR count). The van der Waals surface area contributed by atoms with Gasteiger partial charge in [0.2, 0.25) is 5.91 Å². The van der Waals surface area contributed by atoms with Gasteiger partial charge < -0.3 is 19.8 Å². The largest absolute Gasteiger partial charge is 0.389 e. The third kappa shape index (κ3) is 5.17. The van der Waals surface area contributed by atoms with Crippen LogP contribution in [0.4, 0.5) is 0 Å². The predicted molar refractivity (Wildman–Crippen MR) is 99.1 cm³/mol. The van der Waals surface area contributed by atoms with Crippen LogP contribution in [-0.4, -0.2) is 52.2 Å². The molecular weight excluding hydrogens is 346 g/mol. The van der Waals surface area contributed by atoms with Crippen LogP contribution >= 0.6 is 0 Å². The van der Waals surface area contributed by atoms with Crippen molar-refractivity contribution in [3.8, 4) is 0 Å². The average molecular weight is 371 g/mol. The van der Waals surface area contributed by atoms with E-state index in [2.05, 4.69) is 22.6 Å². The van der Waals surface area contributed by atoms with Gasteiger partial charge in [-0.05, 0) is 31.7 Å². The molecule has 1 aromatic heterocycles. The van der Waals surface area contributed by atoms with Gasteiger partial charge in [0, 0.05) is 25.6 Å². The number of aliphatic hydroxyl groups excluding tert-OH is 1. The lowest BCUT2D eigenvalue weighted by molar-refractivity contribution is -0.134. The Bertz CT molecular complexity index is 775. The van der Waals surface area contributed by atoms with Crippen LogP contribution in [0, 0.1) is 6.92 Å². The highest BCUT2D eigenvalue weighted by Gasteiger charge is 2.31. The van der Waals surface area contributed by atoms with Gasteiger partial charge in [0.05, 0.1) is 12.1 Å². The van der Waals surface area contributed by atoms with Gasteiger partial charge in [-0.3, -0.25) is 9.59 Å². The van der Waals surface area contributed by atoms with Crippen LogP contribution in [0.1, 0.15) is 41.1 Å². The second-order valence-electron chi connectivity index (χ2n) is 6.94. The molecule has 2 atom stereocenters. The van der Waals surface area contributed by atoms with Crippen molar-refractivity contribution in [3.63, 3.8) is 0 Å². The molecule has 2 amide bonds. The highest BCUT2D eigenvalue weighted by Crippen LogP contribution is 2.15. The van der Waals surface area contributed by atoms with Gasteiger partial charge in [0.25, 0.3) is 5.91 Å². The van der Waals surface area contributed by atoms with Crippen molar-refractivity contribution in [2.45, 2.75) is 44.8 Å². The Kier molecular flexibility index (Phi) is 6.24. The summed E-state index contributed by atoms with van der Waals surface area (Å²) in [5, 5.41) is 16.8. The van der Waals surface area contributed by atoms with Gasteiger partial charge >= 0.3 is 0 Å². The van der Waals surface area contributed by atoms with E-state index in [-0.39, 0.29) is 24.1 Å². The van der Waals surface area contributed by atoms with E-state index in [9.17, 15) is 14.7 Å². The van der Waals surface area contributed by atoms with E-state index >= 15 is 0 Å². The molecule has 7 nitrogen and oxygen atoms in total. The molecule has 1 aromatic carbocycles. The predicted octanol–water partition coefficient (Wildman–Crippen LogP) is 1.70. The Morgan fingerprint density at radius 3 is 2.78 bits per heavy atom. The van der Waals surface area contributed by atoms with Crippen molar-refractivity contribution in [1.82, 2.24) is 15.4 Å². The number of nitrogens with zero attached hydrogens (tertiary/aromatic N) is 2. The molecule has 0 spiro atoms. The molecule has 1 aliphatic rings. The fourth-order valence-corrected chi connectivity index (χ4v) is 3.29. The van der Waals surface area contributed by atoms with E-state index in [0.717, 1.165) is 12.8 Å². The third-order valence-corrected chi connectivity index (χ3v) is 4.81. The fourth-order valence-electron chi connectivity index (χ4n) is 3.29. The number of nitrogens with one attached hydrogen (secondary N) is 1. The second-order valence-corrected chi connectivity index (χ2v) is 6.94. The minimum absolute atomic E-state index is 0.0434. The number of rotatable bonds is 6. The number of amides is 2. The summed E-state index contributed by atoms with van der Waals surface area (Å²) in [6.07, 6.45) is 1.80. The van der Waals surface area contributed by atoms with Crippen molar-refractivity contribution in [3.05, 3.63) is 53.4 Å². The van der Waals surface area contributed by atoms with Crippen LogP contribution in [0.15, 0.2) is 40.9 Å². The summed E-state index contributed by atoms with van der Waals surface area (Å²) in [6.45, 7) is 2.46. The Hall–Kier alpha value is -2.67. The van der Waals surface area contributed by atoms with Gasteiger partial charge in [-0.25, -0.2) is 0 Å². The van der Waals surface area contributed by atoms with E-state index < -0.39 is 12.1 Å². The second kappa shape index (κ2) is 8.81. The molecular formula is C20H25N3O4. The molecule has 0 saturated carbocycles. The average Bonchev–Trinajstić information content (AvgIpc) is 3.10. The highest BCUT2D eigenvalue weighted by molar-refractivity contribution is 5.92. The van der Waals surface area contributed by atoms with E-state index in [1.807, 2.05) is 18.2 Å². The van der Waals surface area contributed by atoms with Crippen molar-refractivity contribution >= 4 is 11.8 Å². The number of piperidine rings is 1. The first kappa shape index (κ1) is 19.1. The number of aliphatic hydroxyl groups is 1. The highest BCUT2D eigenvalue weighted by atomic mass is 16.5. The Morgan fingerprint density at radius 2 is 2.11 bits per heavy atom. The molecule has 1 fully saturated rings. The smallest absolute Gasteiger partial charge is 0.273 e. The zero-order valence-electron chi connectivity index (χ0n) is 15.4. The summed E-state index contributed by atoms with van der Waals surface area (Å²) in [7, 11) is 0. The van der Waals surface area contributed by atoms with E-state index in [4.69, 9.17) is 4.52 Å². The zero-order valence-corrected chi connectivity index (χ0v) is 15.4. The van der Waals surface area contributed by atoms with Crippen molar-refractivity contribution in [2.75, 3.05) is 13.1 Å². The van der Waals surface area contributed by atoms with Gasteiger partial charge in [0.1, 0.15) is 5.76 Å². The number of aromatic nitrogens is 1. The first-order valence-corrected chi connectivity index (χ1v) is 9.27. The molecule has 1 aliphatic heterocycles. The van der Waals surface area contributed by atoms with Crippen molar-refractivity contribution < 1.29 is 19.2 Å². The molecule has 2 aromatic rings. The number of benzene rings is 1. The lowest BCUT2D eigenvalue weighted by Crippen LogP contribution is -2.55. The summed E-state index contributed by atoms with van der Waals surface area (Å²) < 4.78 is 4.89. The van der Waals surface area contributed by atoms with E-state index in [0.29, 0.717) is 25.1 Å². The van der Waals surface area contributed by atoms with Crippen LogP contribution in [0.25, 0.3) is 0 Å². The summed E-state index contributed by atoms with van der Waals surface area (Å²) in [4.78, 5) is 26.2. The zero-order chi connectivity index (χ0) is 19.2. The maximum Gasteiger partial charge on any atom is 0.273 e. The van der Waals surface area contributed by atoms with Crippen LogP contribution in [0.5, 0.6) is 0 Å². The van der Waals surface area contributed by atoms with Crippen LogP contribution in [0.2, 0.25) is 0 Å². The molecule has 2 unspecified atom stereocenters. The minimum atomic E-state index is -0.797. The summed E-state index contributed by atoms with van der Waals surface area (Å²) in [5.74, 6) is 0.219. The molecule has 0 bridgehead atoms. The van der Waals surface area contributed by atoms with Crippen LogP contribution < -0.4 is 5.32 Å². The molecule has 2 heterocycles. The van der Waals surface area contributed by atoms with E-state index in [1.165, 1.54) is 5.56 Å². The van der Waals surface area contributed by atoms with Crippen molar-refractivity contribution in [2.24, 2.45) is 0 Å². The SMILES string of the molecule is Cc1cc(C(=O)NC2CCN(C(=O)CCCc3ccccc3)CC2O)no1. The summed E-state index contributed by atoms with van der Waals surface area (Å²) >= 11 is 0. The quantitative estimate of drug-likeness (QED) is 0.806. The number of hydrogen-bond acceptors (Lipinski definition) is 5. The number of carbonyl (C=O) groups is 2. The summed E-state index contributed by atoms with van der Waals surface area (Å²) in [6, 6.07) is 11.2. The third-order valence-electron chi connectivity index (χ3n) is 4.81. The van der Waals surface area contributed by atoms with Crippen LogP contribution in [-0.2, 0) is 11.2 Å². The van der Waals surface area contributed by atoms with Gasteiger partial charge in [-0.2, -0.15) is 0 Å². The fraction of sp³-hybridized carbons (Fsp3) is 0.450. The monoisotopic (exact) mass is 371 g/mol. The number of aryl methyl sites for hydroxylation is 2. The lowest BCUT2D eigenvalue weighted by atomic mass is 10.0. The summed E-state index contributed by atoms with van der Waals surface area (Å²) in [5.41, 5.74) is 1.41. The van der Waals surface area contributed by atoms with E-state index in [1.54, 1.807) is 17.9 Å². The first-order valence-electron chi connectivity index (χ1n) is 9.27. The molecule has 0 radical (unpaired) electrons. The standard InChI is InChI=1S/C20H25N3O4/c1-14-12-17(22-27-14)20(26)21-16-10-11-23(13-18(16)24)19(25)9-5-8-15-6-3-2-4-7-15/h2-4,6-7,12,16,18,24H,5,8-11,13H2,1H3,(H,21,26). The Balaban J connectivity index is 1.43. The normalized spacial score (nSPS) is 19.7. The Labute approximate surface area is 158 Å². The number of carbonyl (C=O) groups excluding carboxylic acids is 2. The lowest BCUT2D eigenvalue weighted by Gasteiger charge is -2.36. The first-order chi connectivity index (χ1) is 13.0. The molecule has 7 heteroatoms. The molecule has 27 heavy (non-hydrogen) atoms. The van der Waals surface area contributed by atoms with Gasteiger partial charge in [-0.1, -0.05) is 35.5 Å². The van der Waals surface area contributed by atoms with Gasteiger partial charge in [0.15, 0.2) is 5.69 Å².